The van der Waals surface area contributed by atoms with Crippen LogP contribution in [0.5, 0.6) is 0 Å². The molecule has 0 fully saturated rings. The Hall–Kier alpha value is -1.86. The van der Waals surface area contributed by atoms with Crippen molar-refractivity contribution >= 4 is 12.0 Å². The molecule has 1 amide bonds. The van der Waals surface area contributed by atoms with Crippen molar-refractivity contribution < 1.29 is 27.4 Å². The monoisotopic (exact) mass is 331 g/mol. The molecule has 0 aliphatic carbocycles. The highest BCUT2D eigenvalue weighted by molar-refractivity contribution is 5.91. The number of nitrogens with one attached hydrogen (secondary N) is 1. The van der Waals surface area contributed by atoms with Crippen molar-refractivity contribution in [3.05, 3.63) is 42.0 Å². The van der Waals surface area contributed by atoms with Gasteiger partial charge in [-0.05, 0) is 11.6 Å². The van der Waals surface area contributed by atoms with Crippen LogP contribution >= 0.6 is 0 Å². The van der Waals surface area contributed by atoms with E-state index >= 15 is 0 Å². The SMILES string of the molecule is COCC(CNC(=O)/C=C/c1ccccc1)(CC(F)(F)F)OC. The van der Waals surface area contributed by atoms with E-state index in [2.05, 4.69) is 5.32 Å². The van der Waals surface area contributed by atoms with Gasteiger partial charge >= 0.3 is 6.18 Å². The standard InChI is InChI=1S/C16H20F3NO3/c1-22-12-15(23-2,10-16(17,18)19)11-20-14(21)9-8-13-6-4-3-5-7-13/h3-9H,10-12H2,1-2H3,(H,20,21)/b9-8+. The number of carbonyl (C=O) groups is 1. The molecule has 0 saturated heterocycles. The summed E-state index contributed by atoms with van der Waals surface area (Å²) in [5, 5.41) is 2.42. The van der Waals surface area contributed by atoms with Crippen LogP contribution in [-0.4, -0.2) is 45.1 Å². The highest BCUT2D eigenvalue weighted by atomic mass is 19.4. The maximum absolute atomic E-state index is 12.7. The van der Waals surface area contributed by atoms with Crippen molar-refractivity contribution in [3.63, 3.8) is 0 Å². The maximum atomic E-state index is 12.7. The van der Waals surface area contributed by atoms with Crippen molar-refractivity contribution in [2.24, 2.45) is 0 Å². The van der Waals surface area contributed by atoms with Gasteiger partial charge in [-0.25, -0.2) is 0 Å². The molecular formula is C16H20F3NO3. The van der Waals surface area contributed by atoms with E-state index in [0.29, 0.717) is 0 Å². The average Bonchev–Trinajstić information content (AvgIpc) is 2.50. The molecule has 1 aromatic carbocycles. The number of hydrogen-bond acceptors (Lipinski definition) is 3. The summed E-state index contributed by atoms with van der Waals surface area (Å²) in [7, 11) is 2.44. The van der Waals surface area contributed by atoms with Crippen LogP contribution in [0.2, 0.25) is 0 Å². The summed E-state index contributed by atoms with van der Waals surface area (Å²) in [5.74, 6) is -0.506. The van der Waals surface area contributed by atoms with Crippen LogP contribution in [0.25, 0.3) is 6.08 Å². The van der Waals surface area contributed by atoms with E-state index in [1.807, 2.05) is 18.2 Å². The Morgan fingerprint density at radius 3 is 2.39 bits per heavy atom. The lowest BCUT2D eigenvalue weighted by atomic mass is 10.00. The topological polar surface area (TPSA) is 47.6 Å². The van der Waals surface area contributed by atoms with Gasteiger partial charge in [-0.3, -0.25) is 4.79 Å². The molecular weight excluding hydrogens is 311 g/mol. The molecule has 7 heteroatoms. The van der Waals surface area contributed by atoms with E-state index < -0.39 is 24.1 Å². The summed E-state index contributed by atoms with van der Waals surface area (Å²) in [6.07, 6.45) is -2.81. The smallest absolute Gasteiger partial charge is 0.382 e. The number of amides is 1. The summed E-state index contributed by atoms with van der Waals surface area (Å²) < 4.78 is 47.9. The molecule has 0 bridgehead atoms. The molecule has 0 saturated carbocycles. The quantitative estimate of drug-likeness (QED) is 0.745. The molecule has 1 N–H and O–H groups in total. The first-order valence-corrected chi connectivity index (χ1v) is 6.92. The van der Waals surface area contributed by atoms with E-state index in [1.54, 1.807) is 18.2 Å². The zero-order valence-electron chi connectivity index (χ0n) is 13.0. The Morgan fingerprint density at radius 1 is 1.22 bits per heavy atom. The molecule has 1 atom stereocenters. The van der Waals surface area contributed by atoms with Gasteiger partial charge in [-0.2, -0.15) is 13.2 Å². The van der Waals surface area contributed by atoms with Crippen LogP contribution < -0.4 is 5.32 Å². The van der Waals surface area contributed by atoms with Crippen LogP contribution in [0.15, 0.2) is 36.4 Å². The normalized spacial score (nSPS) is 14.7. The lowest BCUT2D eigenvalue weighted by Gasteiger charge is -2.32. The van der Waals surface area contributed by atoms with Crippen LogP contribution in [0.4, 0.5) is 13.2 Å². The Labute approximate surface area is 133 Å². The molecule has 1 unspecified atom stereocenters. The van der Waals surface area contributed by atoms with Gasteiger partial charge in [0.05, 0.1) is 13.0 Å². The lowest BCUT2D eigenvalue weighted by Crippen LogP contribution is -2.50. The number of ether oxygens (including phenoxy) is 2. The van der Waals surface area contributed by atoms with E-state index in [0.717, 1.165) is 12.7 Å². The molecule has 0 spiro atoms. The fourth-order valence-corrected chi connectivity index (χ4v) is 2.04. The molecule has 0 heterocycles. The first kappa shape index (κ1) is 19.2. The van der Waals surface area contributed by atoms with Gasteiger partial charge in [0.25, 0.3) is 0 Å². The highest BCUT2D eigenvalue weighted by Gasteiger charge is 2.43. The number of benzene rings is 1. The van der Waals surface area contributed by atoms with Gasteiger partial charge in [-0.15, -0.1) is 0 Å². The Bertz CT molecular complexity index is 517. The number of hydrogen-bond donors (Lipinski definition) is 1. The van der Waals surface area contributed by atoms with Gasteiger partial charge in [0.1, 0.15) is 5.60 Å². The summed E-state index contributed by atoms with van der Waals surface area (Å²) in [5.41, 5.74) is -0.837. The zero-order chi connectivity index (χ0) is 17.3. The molecule has 0 aromatic heterocycles. The van der Waals surface area contributed by atoms with Gasteiger partial charge in [0.15, 0.2) is 0 Å². The molecule has 1 rings (SSSR count). The van der Waals surface area contributed by atoms with Crippen LogP contribution in [0.3, 0.4) is 0 Å². The fraction of sp³-hybridized carbons (Fsp3) is 0.438. The minimum absolute atomic E-state index is 0.286. The van der Waals surface area contributed by atoms with Crippen molar-refractivity contribution in [2.75, 3.05) is 27.4 Å². The average molecular weight is 331 g/mol. The Kier molecular flexibility index (Phi) is 7.25. The minimum atomic E-state index is -4.43. The molecule has 0 radical (unpaired) electrons. The largest absolute Gasteiger partial charge is 0.392 e. The van der Waals surface area contributed by atoms with E-state index in [9.17, 15) is 18.0 Å². The molecule has 128 valence electrons. The number of rotatable bonds is 8. The van der Waals surface area contributed by atoms with Crippen LogP contribution in [-0.2, 0) is 14.3 Å². The van der Waals surface area contributed by atoms with Crippen molar-refractivity contribution in [3.8, 4) is 0 Å². The lowest BCUT2D eigenvalue weighted by molar-refractivity contribution is -0.193. The highest BCUT2D eigenvalue weighted by Crippen LogP contribution is 2.29. The first-order chi connectivity index (χ1) is 10.8. The van der Waals surface area contributed by atoms with Crippen LogP contribution in [0, 0.1) is 0 Å². The number of alkyl halides is 3. The fourth-order valence-electron chi connectivity index (χ4n) is 2.04. The van der Waals surface area contributed by atoms with Crippen LogP contribution in [0.1, 0.15) is 12.0 Å². The third-order valence-electron chi connectivity index (χ3n) is 3.17. The molecule has 0 aliphatic heterocycles. The van der Waals surface area contributed by atoms with Gasteiger partial charge in [-0.1, -0.05) is 30.3 Å². The van der Waals surface area contributed by atoms with Gasteiger partial charge < -0.3 is 14.8 Å². The maximum Gasteiger partial charge on any atom is 0.392 e. The molecule has 4 nitrogen and oxygen atoms in total. The number of carbonyl (C=O) groups excluding carboxylic acids is 1. The van der Waals surface area contributed by atoms with Crippen molar-refractivity contribution in [1.82, 2.24) is 5.32 Å². The second-order valence-electron chi connectivity index (χ2n) is 5.07. The Balaban J connectivity index is 2.66. The molecule has 0 aliphatic rings. The second kappa shape index (κ2) is 8.69. The predicted octanol–water partition coefficient (Wildman–Crippen LogP) is 2.80. The zero-order valence-corrected chi connectivity index (χ0v) is 13.0. The summed E-state index contributed by atoms with van der Waals surface area (Å²) in [6.45, 7) is -0.597. The van der Waals surface area contributed by atoms with Gasteiger partial charge in [0.2, 0.25) is 5.91 Å². The van der Waals surface area contributed by atoms with E-state index in [-0.39, 0.29) is 13.2 Å². The van der Waals surface area contributed by atoms with Crippen molar-refractivity contribution in [2.45, 2.75) is 18.2 Å². The third kappa shape index (κ3) is 7.30. The number of methoxy groups -OCH3 is 2. The third-order valence-corrected chi connectivity index (χ3v) is 3.17. The summed E-state index contributed by atoms with van der Waals surface area (Å²) >= 11 is 0. The number of halogens is 3. The summed E-state index contributed by atoms with van der Waals surface area (Å²) in [6, 6.07) is 9.08. The second-order valence-corrected chi connectivity index (χ2v) is 5.07. The van der Waals surface area contributed by atoms with Crippen molar-refractivity contribution in [1.29, 1.82) is 0 Å². The molecule has 23 heavy (non-hydrogen) atoms. The van der Waals surface area contributed by atoms with Gasteiger partial charge in [0, 0.05) is 26.8 Å². The van der Waals surface area contributed by atoms with E-state index in [1.165, 1.54) is 13.2 Å². The van der Waals surface area contributed by atoms with E-state index in [4.69, 9.17) is 9.47 Å². The summed E-state index contributed by atoms with van der Waals surface area (Å²) in [4.78, 5) is 11.8. The molecule has 1 aromatic rings. The Morgan fingerprint density at radius 2 is 1.87 bits per heavy atom. The minimum Gasteiger partial charge on any atom is -0.382 e. The first-order valence-electron chi connectivity index (χ1n) is 6.92. The predicted molar refractivity (Wildman–Crippen MR) is 80.8 cm³/mol.